The molecular formula is C13H20N2OS. The molecule has 0 radical (unpaired) electrons. The molecule has 1 saturated heterocycles. The van der Waals surface area contributed by atoms with E-state index < -0.39 is 0 Å². The van der Waals surface area contributed by atoms with Crippen molar-refractivity contribution in [2.75, 3.05) is 20.1 Å². The standard InChI is InChI=1S/C13H20N2OS/c1-14-11-6-8-15(9-7-11)13(16)5-4-12-3-2-10-17-12/h2-3,10-11,14H,4-9H2,1H3. The van der Waals surface area contributed by atoms with Gasteiger partial charge in [-0.25, -0.2) is 0 Å². The predicted molar refractivity (Wildman–Crippen MR) is 71.3 cm³/mol. The Bertz CT molecular complexity index is 342. The summed E-state index contributed by atoms with van der Waals surface area (Å²) in [5.74, 6) is 0.313. The predicted octanol–water partition coefficient (Wildman–Crippen LogP) is 1.89. The summed E-state index contributed by atoms with van der Waals surface area (Å²) >= 11 is 1.73. The van der Waals surface area contributed by atoms with Crippen molar-refractivity contribution < 1.29 is 4.79 Å². The molecule has 1 aromatic rings. The van der Waals surface area contributed by atoms with E-state index in [1.165, 1.54) is 4.88 Å². The van der Waals surface area contributed by atoms with E-state index in [1.54, 1.807) is 11.3 Å². The van der Waals surface area contributed by atoms with Crippen molar-refractivity contribution in [1.82, 2.24) is 10.2 Å². The third kappa shape index (κ3) is 3.54. The van der Waals surface area contributed by atoms with Crippen LogP contribution in [0.3, 0.4) is 0 Å². The normalized spacial score (nSPS) is 17.4. The maximum Gasteiger partial charge on any atom is 0.222 e. The van der Waals surface area contributed by atoms with Crippen LogP contribution < -0.4 is 5.32 Å². The van der Waals surface area contributed by atoms with Crippen LogP contribution in [-0.2, 0) is 11.2 Å². The van der Waals surface area contributed by atoms with E-state index in [2.05, 4.69) is 16.8 Å². The van der Waals surface area contributed by atoms with Gasteiger partial charge in [0.1, 0.15) is 0 Å². The summed E-state index contributed by atoms with van der Waals surface area (Å²) < 4.78 is 0. The molecule has 1 N–H and O–H groups in total. The van der Waals surface area contributed by atoms with Gasteiger partial charge in [0.05, 0.1) is 0 Å². The molecule has 0 saturated carbocycles. The average molecular weight is 252 g/mol. The number of hydrogen-bond acceptors (Lipinski definition) is 3. The number of carbonyl (C=O) groups is 1. The topological polar surface area (TPSA) is 32.3 Å². The third-order valence-corrected chi connectivity index (χ3v) is 4.36. The minimum atomic E-state index is 0.313. The summed E-state index contributed by atoms with van der Waals surface area (Å²) in [5.41, 5.74) is 0. The summed E-state index contributed by atoms with van der Waals surface area (Å²) in [4.78, 5) is 15.3. The quantitative estimate of drug-likeness (QED) is 0.887. The van der Waals surface area contributed by atoms with Gasteiger partial charge in [0.25, 0.3) is 0 Å². The van der Waals surface area contributed by atoms with Gasteiger partial charge in [0.15, 0.2) is 0 Å². The molecule has 4 heteroatoms. The van der Waals surface area contributed by atoms with Gasteiger partial charge in [-0.05, 0) is 37.8 Å². The molecular weight excluding hydrogens is 232 g/mol. The fourth-order valence-electron chi connectivity index (χ4n) is 2.26. The largest absolute Gasteiger partial charge is 0.343 e. The molecule has 0 unspecified atom stereocenters. The zero-order valence-electron chi connectivity index (χ0n) is 10.3. The van der Waals surface area contributed by atoms with E-state index in [1.807, 2.05) is 18.0 Å². The number of aryl methyl sites for hydroxylation is 1. The van der Waals surface area contributed by atoms with E-state index in [0.717, 1.165) is 32.4 Å². The van der Waals surface area contributed by atoms with Gasteiger partial charge in [-0.3, -0.25) is 4.79 Å². The molecule has 2 heterocycles. The van der Waals surface area contributed by atoms with Crippen LogP contribution in [0.15, 0.2) is 17.5 Å². The summed E-state index contributed by atoms with van der Waals surface area (Å²) in [7, 11) is 2.00. The molecule has 1 fully saturated rings. The fourth-order valence-corrected chi connectivity index (χ4v) is 2.97. The summed E-state index contributed by atoms with van der Waals surface area (Å²) in [5, 5.41) is 5.35. The highest BCUT2D eigenvalue weighted by atomic mass is 32.1. The van der Waals surface area contributed by atoms with Crippen LogP contribution in [0, 0.1) is 0 Å². The van der Waals surface area contributed by atoms with Crippen molar-refractivity contribution in [2.45, 2.75) is 31.7 Å². The SMILES string of the molecule is CNC1CCN(C(=O)CCc2cccs2)CC1. The monoisotopic (exact) mass is 252 g/mol. The number of likely N-dealkylation sites (tertiary alicyclic amines) is 1. The highest BCUT2D eigenvalue weighted by Crippen LogP contribution is 2.14. The van der Waals surface area contributed by atoms with Gasteiger partial charge >= 0.3 is 0 Å². The molecule has 3 nitrogen and oxygen atoms in total. The molecule has 94 valence electrons. The first-order valence-corrected chi connectivity index (χ1v) is 7.15. The van der Waals surface area contributed by atoms with Crippen LogP contribution in [0.5, 0.6) is 0 Å². The highest BCUT2D eigenvalue weighted by molar-refractivity contribution is 7.09. The molecule has 0 spiro atoms. The first-order chi connectivity index (χ1) is 8.29. The fraction of sp³-hybridized carbons (Fsp3) is 0.615. The van der Waals surface area contributed by atoms with Gasteiger partial charge in [0, 0.05) is 30.4 Å². The van der Waals surface area contributed by atoms with Gasteiger partial charge in [-0.15, -0.1) is 11.3 Å². The molecule has 17 heavy (non-hydrogen) atoms. The Balaban J connectivity index is 1.73. The number of rotatable bonds is 4. The van der Waals surface area contributed by atoms with Gasteiger partial charge in [0.2, 0.25) is 5.91 Å². The molecule has 1 aliphatic heterocycles. The Kier molecular flexibility index (Phi) is 4.57. The van der Waals surface area contributed by atoms with Crippen LogP contribution >= 0.6 is 11.3 Å². The van der Waals surface area contributed by atoms with Crippen molar-refractivity contribution in [2.24, 2.45) is 0 Å². The molecule has 1 amide bonds. The smallest absolute Gasteiger partial charge is 0.222 e. The zero-order chi connectivity index (χ0) is 12.1. The van der Waals surface area contributed by atoms with Crippen molar-refractivity contribution in [3.05, 3.63) is 22.4 Å². The molecule has 0 bridgehead atoms. The lowest BCUT2D eigenvalue weighted by Crippen LogP contribution is -2.44. The minimum absolute atomic E-state index is 0.313. The van der Waals surface area contributed by atoms with E-state index in [4.69, 9.17) is 0 Å². The highest BCUT2D eigenvalue weighted by Gasteiger charge is 2.21. The Morgan fingerprint density at radius 2 is 2.29 bits per heavy atom. The van der Waals surface area contributed by atoms with Crippen molar-refractivity contribution in [1.29, 1.82) is 0 Å². The average Bonchev–Trinajstić information content (AvgIpc) is 2.89. The second-order valence-corrected chi connectivity index (χ2v) is 5.56. The second kappa shape index (κ2) is 6.17. The summed E-state index contributed by atoms with van der Waals surface area (Å²) in [6, 6.07) is 4.74. The van der Waals surface area contributed by atoms with Gasteiger partial charge in [-0.1, -0.05) is 6.07 Å². The number of nitrogens with zero attached hydrogens (tertiary/aromatic N) is 1. The lowest BCUT2D eigenvalue weighted by atomic mass is 10.0. The van der Waals surface area contributed by atoms with Crippen LogP contribution in [0.2, 0.25) is 0 Å². The Labute approximate surface area is 107 Å². The van der Waals surface area contributed by atoms with E-state index >= 15 is 0 Å². The number of nitrogens with one attached hydrogen (secondary N) is 1. The van der Waals surface area contributed by atoms with Crippen molar-refractivity contribution >= 4 is 17.2 Å². The molecule has 0 aromatic carbocycles. The molecule has 0 aliphatic carbocycles. The van der Waals surface area contributed by atoms with E-state index in [9.17, 15) is 4.79 Å². The van der Waals surface area contributed by atoms with Crippen molar-refractivity contribution in [3.8, 4) is 0 Å². The van der Waals surface area contributed by atoms with Gasteiger partial charge in [-0.2, -0.15) is 0 Å². The minimum Gasteiger partial charge on any atom is -0.343 e. The lowest BCUT2D eigenvalue weighted by Gasteiger charge is -2.31. The summed E-state index contributed by atoms with van der Waals surface area (Å²) in [6.45, 7) is 1.82. The molecule has 2 rings (SSSR count). The van der Waals surface area contributed by atoms with Crippen LogP contribution in [0.4, 0.5) is 0 Å². The molecule has 1 aliphatic rings. The zero-order valence-corrected chi connectivity index (χ0v) is 11.1. The van der Waals surface area contributed by atoms with Gasteiger partial charge < -0.3 is 10.2 Å². The Hall–Kier alpha value is -0.870. The maximum absolute atomic E-state index is 12.0. The van der Waals surface area contributed by atoms with E-state index in [0.29, 0.717) is 18.4 Å². The maximum atomic E-state index is 12.0. The molecule has 0 atom stereocenters. The Morgan fingerprint density at radius 3 is 2.88 bits per heavy atom. The number of amides is 1. The Morgan fingerprint density at radius 1 is 1.53 bits per heavy atom. The van der Waals surface area contributed by atoms with Crippen LogP contribution in [0.25, 0.3) is 0 Å². The summed E-state index contributed by atoms with van der Waals surface area (Å²) in [6.07, 6.45) is 3.72. The number of thiophene rings is 1. The second-order valence-electron chi connectivity index (χ2n) is 4.52. The van der Waals surface area contributed by atoms with E-state index in [-0.39, 0.29) is 0 Å². The van der Waals surface area contributed by atoms with Crippen molar-refractivity contribution in [3.63, 3.8) is 0 Å². The van der Waals surface area contributed by atoms with Crippen LogP contribution in [0.1, 0.15) is 24.1 Å². The van der Waals surface area contributed by atoms with Crippen LogP contribution in [-0.4, -0.2) is 37.0 Å². The lowest BCUT2D eigenvalue weighted by molar-refractivity contribution is -0.132. The number of piperidine rings is 1. The number of carbonyl (C=O) groups excluding carboxylic acids is 1. The third-order valence-electron chi connectivity index (χ3n) is 3.42. The first kappa shape index (κ1) is 12.6. The number of hydrogen-bond donors (Lipinski definition) is 1. The first-order valence-electron chi connectivity index (χ1n) is 6.27. The molecule has 1 aromatic heterocycles.